The number of aliphatic carboxylic acids is 1. The molecule has 0 radical (unpaired) electrons. The zero-order valence-electron chi connectivity index (χ0n) is 9.11. The van der Waals surface area contributed by atoms with Crippen LogP contribution in [0.25, 0.3) is 5.65 Å². The first-order valence-corrected chi connectivity index (χ1v) is 5.13. The maximum Gasteiger partial charge on any atom is 0.416 e. The number of alkyl halides is 3. The Labute approximate surface area is 99.7 Å². The third-order valence-corrected chi connectivity index (χ3v) is 2.51. The number of carboxylic acids is 1. The summed E-state index contributed by atoms with van der Waals surface area (Å²) in [5, 5.41) is 8.56. The van der Waals surface area contributed by atoms with E-state index in [0.29, 0.717) is 5.69 Å². The van der Waals surface area contributed by atoms with Gasteiger partial charge in [0.1, 0.15) is 5.65 Å². The lowest BCUT2D eigenvalue weighted by molar-refractivity contribution is -0.138. The van der Waals surface area contributed by atoms with E-state index < -0.39 is 17.7 Å². The van der Waals surface area contributed by atoms with Crippen molar-refractivity contribution >= 4 is 11.6 Å². The lowest BCUT2D eigenvalue weighted by Crippen LogP contribution is -2.06. The first-order chi connectivity index (χ1) is 8.38. The number of halogens is 3. The highest BCUT2D eigenvalue weighted by Crippen LogP contribution is 2.29. The molecule has 2 rings (SSSR count). The fourth-order valence-corrected chi connectivity index (χ4v) is 1.63. The Morgan fingerprint density at radius 3 is 2.78 bits per heavy atom. The summed E-state index contributed by atoms with van der Waals surface area (Å²) in [5.41, 5.74) is -0.0447. The number of carboxylic acid groups (broad SMARTS) is 1. The largest absolute Gasteiger partial charge is 0.481 e. The number of pyridine rings is 1. The molecule has 0 aromatic carbocycles. The third kappa shape index (κ3) is 2.44. The molecule has 0 fully saturated rings. The van der Waals surface area contributed by atoms with Gasteiger partial charge in [-0.3, -0.25) is 4.79 Å². The zero-order valence-corrected chi connectivity index (χ0v) is 9.11. The lowest BCUT2D eigenvalue weighted by Gasteiger charge is -2.07. The highest BCUT2D eigenvalue weighted by molar-refractivity contribution is 5.67. The van der Waals surface area contributed by atoms with Gasteiger partial charge in [-0.15, -0.1) is 0 Å². The van der Waals surface area contributed by atoms with Gasteiger partial charge in [-0.25, -0.2) is 4.98 Å². The molecule has 0 saturated carbocycles. The molecule has 0 atom stereocenters. The van der Waals surface area contributed by atoms with Crippen LogP contribution in [0.4, 0.5) is 13.2 Å². The average Bonchev–Trinajstić information content (AvgIpc) is 2.67. The SMILES string of the molecule is O=C(O)CCc1cnc2cc(C(F)(F)F)ccn12. The Kier molecular flexibility index (Phi) is 2.98. The monoisotopic (exact) mass is 258 g/mol. The van der Waals surface area contributed by atoms with Gasteiger partial charge in [-0.1, -0.05) is 0 Å². The molecular weight excluding hydrogens is 249 g/mol. The smallest absolute Gasteiger partial charge is 0.416 e. The molecule has 2 aromatic heterocycles. The van der Waals surface area contributed by atoms with Crippen molar-refractivity contribution in [2.75, 3.05) is 0 Å². The fourth-order valence-electron chi connectivity index (χ4n) is 1.63. The normalized spacial score (nSPS) is 11.9. The maximum absolute atomic E-state index is 12.5. The quantitative estimate of drug-likeness (QED) is 0.919. The van der Waals surface area contributed by atoms with Crippen molar-refractivity contribution < 1.29 is 23.1 Å². The summed E-state index contributed by atoms with van der Waals surface area (Å²) in [7, 11) is 0. The number of aryl methyl sites for hydroxylation is 1. The number of carbonyl (C=O) groups is 1. The highest BCUT2D eigenvalue weighted by atomic mass is 19.4. The zero-order chi connectivity index (χ0) is 13.3. The molecule has 1 N–H and O–H groups in total. The predicted octanol–water partition coefficient (Wildman–Crippen LogP) is 2.37. The molecule has 2 aromatic rings. The average molecular weight is 258 g/mol. The molecule has 0 aliphatic rings. The van der Waals surface area contributed by atoms with Crippen LogP contribution in [0, 0.1) is 0 Å². The number of hydrogen-bond acceptors (Lipinski definition) is 2. The topological polar surface area (TPSA) is 54.6 Å². The Hall–Kier alpha value is -2.05. The Morgan fingerprint density at radius 1 is 1.44 bits per heavy atom. The van der Waals surface area contributed by atoms with E-state index in [0.717, 1.165) is 12.1 Å². The summed E-state index contributed by atoms with van der Waals surface area (Å²) in [6, 6.07) is 1.88. The van der Waals surface area contributed by atoms with E-state index in [1.54, 1.807) is 0 Å². The summed E-state index contributed by atoms with van der Waals surface area (Å²) >= 11 is 0. The molecule has 0 spiro atoms. The van der Waals surface area contributed by atoms with E-state index in [1.165, 1.54) is 16.8 Å². The molecule has 0 bridgehead atoms. The molecule has 0 aliphatic heterocycles. The molecule has 0 amide bonds. The molecule has 4 nitrogen and oxygen atoms in total. The van der Waals surface area contributed by atoms with Gasteiger partial charge in [-0.2, -0.15) is 13.2 Å². The minimum absolute atomic E-state index is 0.0885. The van der Waals surface area contributed by atoms with Gasteiger partial charge in [0, 0.05) is 24.5 Å². The van der Waals surface area contributed by atoms with Crippen LogP contribution in [0.2, 0.25) is 0 Å². The Morgan fingerprint density at radius 2 is 2.17 bits per heavy atom. The molecule has 0 unspecified atom stereocenters. The van der Waals surface area contributed by atoms with Crippen molar-refractivity contribution in [3.05, 3.63) is 35.8 Å². The minimum Gasteiger partial charge on any atom is -0.481 e. The van der Waals surface area contributed by atoms with Crippen molar-refractivity contribution in [3.63, 3.8) is 0 Å². The van der Waals surface area contributed by atoms with Crippen molar-refractivity contribution in [3.8, 4) is 0 Å². The maximum atomic E-state index is 12.5. The van der Waals surface area contributed by atoms with Crippen LogP contribution < -0.4 is 0 Å². The second-order valence-corrected chi connectivity index (χ2v) is 3.78. The summed E-state index contributed by atoms with van der Waals surface area (Å²) < 4.78 is 38.8. The predicted molar refractivity (Wildman–Crippen MR) is 56.2 cm³/mol. The molecule has 2 heterocycles. The lowest BCUT2D eigenvalue weighted by atomic mass is 10.2. The number of rotatable bonds is 3. The number of fused-ring (bicyclic) bond motifs is 1. The number of aromatic nitrogens is 2. The second-order valence-electron chi connectivity index (χ2n) is 3.78. The van der Waals surface area contributed by atoms with Crippen molar-refractivity contribution in [1.29, 1.82) is 0 Å². The highest BCUT2D eigenvalue weighted by Gasteiger charge is 2.30. The molecule has 96 valence electrons. The minimum atomic E-state index is -4.41. The van der Waals surface area contributed by atoms with Crippen molar-refractivity contribution in [1.82, 2.24) is 9.38 Å². The van der Waals surface area contributed by atoms with Gasteiger partial charge < -0.3 is 9.51 Å². The van der Waals surface area contributed by atoms with Crippen LogP contribution in [-0.2, 0) is 17.4 Å². The van der Waals surface area contributed by atoms with Gasteiger partial charge in [-0.05, 0) is 12.1 Å². The number of imidazole rings is 1. The van der Waals surface area contributed by atoms with E-state index in [2.05, 4.69) is 4.98 Å². The first kappa shape index (κ1) is 12.4. The number of nitrogens with zero attached hydrogens (tertiary/aromatic N) is 2. The third-order valence-electron chi connectivity index (χ3n) is 2.51. The van der Waals surface area contributed by atoms with Gasteiger partial charge in [0.15, 0.2) is 0 Å². The van der Waals surface area contributed by atoms with Crippen LogP contribution >= 0.6 is 0 Å². The molecule has 0 aliphatic carbocycles. The van der Waals surface area contributed by atoms with Gasteiger partial charge in [0.2, 0.25) is 0 Å². The summed E-state index contributed by atoms with van der Waals surface area (Å²) in [5.74, 6) is -0.961. The number of hydrogen-bond donors (Lipinski definition) is 1. The fraction of sp³-hybridized carbons (Fsp3) is 0.273. The van der Waals surface area contributed by atoms with E-state index in [-0.39, 0.29) is 18.5 Å². The van der Waals surface area contributed by atoms with Crippen LogP contribution in [0.1, 0.15) is 17.7 Å². The van der Waals surface area contributed by atoms with Crippen LogP contribution in [-0.4, -0.2) is 20.5 Å². The standard InChI is InChI=1S/C11H9F3N2O2/c12-11(13,14)7-3-4-16-8(1-2-10(17)18)6-15-9(16)5-7/h3-6H,1-2H2,(H,17,18). The second kappa shape index (κ2) is 4.32. The van der Waals surface area contributed by atoms with Gasteiger partial charge >= 0.3 is 12.1 Å². The molecule has 18 heavy (non-hydrogen) atoms. The van der Waals surface area contributed by atoms with Crippen molar-refractivity contribution in [2.24, 2.45) is 0 Å². The van der Waals surface area contributed by atoms with E-state index in [9.17, 15) is 18.0 Å². The summed E-state index contributed by atoms with van der Waals surface area (Å²) in [4.78, 5) is 14.3. The molecule has 7 heteroatoms. The summed E-state index contributed by atoms with van der Waals surface area (Å²) in [6.07, 6.45) is -1.63. The van der Waals surface area contributed by atoms with Gasteiger partial charge in [0.25, 0.3) is 0 Å². The molecular formula is C11H9F3N2O2. The molecule has 0 saturated heterocycles. The van der Waals surface area contributed by atoms with Crippen molar-refractivity contribution in [2.45, 2.75) is 19.0 Å². The van der Waals surface area contributed by atoms with E-state index in [4.69, 9.17) is 5.11 Å². The van der Waals surface area contributed by atoms with E-state index >= 15 is 0 Å². The van der Waals surface area contributed by atoms with E-state index in [1.807, 2.05) is 0 Å². The summed E-state index contributed by atoms with van der Waals surface area (Å²) in [6.45, 7) is 0. The van der Waals surface area contributed by atoms with Gasteiger partial charge in [0.05, 0.1) is 12.0 Å². The van der Waals surface area contributed by atoms with Crippen LogP contribution in [0.5, 0.6) is 0 Å². The van der Waals surface area contributed by atoms with Crippen LogP contribution in [0.15, 0.2) is 24.5 Å². The Bertz CT molecular complexity index is 589. The van der Waals surface area contributed by atoms with Crippen LogP contribution in [0.3, 0.4) is 0 Å². The first-order valence-electron chi connectivity index (χ1n) is 5.13. The Balaban J connectivity index is 2.35.